The van der Waals surface area contributed by atoms with Crippen LogP contribution >= 0.6 is 23.2 Å². The van der Waals surface area contributed by atoms with Gasteiger partial charge < -0.3 is 23.0 Å². The Labute approximate surface area is 218 Å². The zero-order valence-corrected chi connectivity index (χ0v) is 20.8. The Balaban J connectivity index is 1.43. The highest BCUT2D eigenvalue weighted by Gasteiger charge is 2.22. The number of hydrogen-bond acceptors (Lipinski definition) is 8. The van der Waals surface area contributed by atoms with Gasteiger partial charge in [0.15, 0.2) is 5.75 Å². The van der Waals surface area contributed by atoms with Crippen LogP contribution in [0.4, 0.5) is 0 Å². The average molecular weight is 539 g/mol. The minimum Gasteiger partial charge on any atom is -0.494 e. The zero-order chi connectivity index (χ0) is 26.3. The third-order valence-corrected chi connectivity index (χ3v) is 6.16. The molecule has 0 unspecified atom stereocenters. The average Bonchev–Trinajstić information content (AvgIpc) is 2.86. The summed E-state index contributed by atoms with van der Waals surface area (Å²) >= 11 is 12.2. The molecule has 0 atom stereocenters. The van der Waals surface area contributed by atoms with E-state index < -0.39 is 17.0 Å². The van der Waals surface area contributed by atoms with Gasteiger partial charge in [0.05, 0.1) is 22.5 Å². The van der Waals surface area contributed by atoms with Gasteiger partial charge in [0.25, 0.3) is 0 Å². The molecule has 186 valence electrons. The molecule has 8 nitrogen and oxygen atoms in total. The van der Waals surface area contributed by atoms with Crippen LogP contribution in [0.5, 0.6) is 23.0 Å². The van der Waals surface area contributed by atoms with Crippen molar-refractivity contribution >= 4 is 51.1 Å². The number of fused-ring (bicyclic) bond motifs is 2. The number of aryl methyl sites for hydroxylation is 1. The van der Waals surface area contributed by atoms with Crippen LogP contribution in [0, 0.1) is 6.92 Å². The second-order valence-electron chi connectivity index (χ2n) is 7.92. The molecule has 0 aliphatic heterocycles. The summed E-state index contributed by atoms with van der Waals surface area (Å²) in [7, 11) is 1.35. The minimum absolute atomic E-state index is 0.0385. The Hall–Kier alpha value is -4.27. The van der Waals surface area contributed by atoms with Crippen molar-refractivity contribution in [2.75, 3.05) is 7.11 Å². The standard InChI is InChI=1S/C27H16Cl2O8/c1-13-9-23(30)37-21-11-14(3-5-16(13)21)35-22-12-34-20-10-15(4-6-17(20)25(22)31)36-27(32)24-18(28)7-8-19(29)26(24)33-2/h3-12H,1-2H3. The zero-order valence-electron chi connectivity index (χ0n) is 19.3. The number of ether oxygens (including phenoxy) is 3. The van der Waals surface area contributed by atoms with E-state index in [2.05, 4.69) is 0 Å². The number of carbonyl (C=O) groups is 1. The quantitative estimate of drug-likeness (QED) is 0.141. The fourth-order valence-electron chi connectivity index (χ4n) is 3.80. The maximum atomic E-state index is 13.0. The van der Waals surface area contributed by atoms with E-state index in [4.69, 9.17) is 46.2 Å². The summed E-state index contributed by atoms with van der Waals surface area (Å²) in [5.74, 6) is -0.416. The van der Waals surface area contributed by atoms with Crippen LogP contribution in [-0.4, -0.2) is 13.1 Å². The Kier molecular flexibility index (Phi) is 6.37. The first-order valence-corrected chi connectivity index (χ1v) is 11.5. The molecule has 5 aromatic rings. The normalized spacial score (nSPS) is 11.0. The highest BCUT2D eigenvalue weighted by atomic mass is 35.5. The molecule has 2 aromatic heterocycles. The van der Waals surface area contributed by atoms with Crippen molar-refractivity contribution in [3.8, 4) is 23.0 Å². The van der Waals surface area contributed by atoms with E-state index in [0.29, 0.717) is 5.58 Å². The smallest absolute Gasteiger partial charge is 0.348 e. The van der Waals surface area contributed by atoms with Crippen LogP contribution < -0.4 is 25.3 Å². The summed E-state index contributed by atoms with van der Waals surface area (Å²) in [6.45, 7) is 1.80. The molecule has 0 radical (unpaired) electrons. The van der Waals surface area contributed by atoms with E-state index in [1.807, 2.05) is 0 Å². The summed E-state index contributed by atoms with van der Waals surface area (Å²) in [5, 5.41) is 1.23. The lowest BCUT2D eigenvalue weighted by atomic mass is 10.1. The molecule has 0 aliphatic rings. The number of hydrogen-bond donors (Lipinski definition) is 0. The topological polar surface area (TPSA) is 105 Å². The molecule has 3 aromatic carbocycles. The lowest BCUT2D eigenvalue weighted by Crippen LogP contribution is -2.11. The molecule has 0 N–H and O–H groups in total. The predicted molar refractivity (Wildman–Crippen MR) is 138 cm³/mol. The molecule has 0 aliphatic carbocycles. The molecular formula is C27H16Cl2O8. The van der Waals surface area contributed by atoms with Gasteiger partial charge in [-0.15, -0.1) is 0 Å². The number of carbonyl (C=O) groups excluding carboxylic acids is 1. The van der Waals surface area contributed by atoms with Crippen molar-refractivity contribution in [2.24, 2.45) is 0 Å². The third kappa shape index (κ3) is 4.64. The van der Waals surface area contributed by atoms with Gasteiger partial charge in [-0.2, -0.15) is 0 Å². The maximum absolute atomic E-state index is 13.0. The minimum atomic E-state index is -0.802. The van der Waals surface area contributed by atoms with E-state index in [0.717, 1.165) is 17.2 Å². The Morgan fingerprint density at radius 3 is 2.35 bits per heavy atom. The van der Waals surface area contributed by atoms with Gasteiger partial charge in [0, 0.05) is 23.6 Å². The molecule has 0 amide bonds. The molecule has 5 rings (SSSR count). The van der Waals surface area contributed by atoms with Gasteiger partial charge in [0.2, 0.25) is 11.2 Å². The van der Waals surface area contributed by atoms with E-state index in [1.165, 1.54) is 49.6 Å². The SMILES string of the molecule is COc1c(Cl)ccc(Cl)c1C(=O)Oc1ccc2c(=O)c(Oc3ccc4c(C)cc(=O)oc4c3)coc2c1. The van der Waals surface area contributed by atoms with E-state index in [1.54, 1.807) is 19.1 Å². The van der Waals surface area contributed by atoms with Crippen LogP contribution in [-0.2, 0) is 0 Å². The fourth-order valence-corrected chi connectivity index (χ4v) is 4.26. The van der Waals surface area contributed by atoms with Crippen molar-refractivity contribution in [3.05, 3.63) is 103 Å². The van der Waals surface area contributed by atoms with Gasteiger partial charge in [0.1, 0.15) is 34.5 Å². The molecular weight excluding hydrogens is 523 g/mol. The number of benzene rings is 3. The molecule has 0 saturated carbocycles. The maximum Gasteiger partial charge on any atom is 0.348 e. The molecule has 0 bridgehead atoms. The summed E-state index contributed by atoms with van der Waals surface area (Å²) < 4.78 is 27.1. The first-order valence-electron chi connectivity index (χ1n) is 10.8. The molecule has 10 heteroatoms. The summed E-state index contributed by atoms with van der Waals surface area (Å²) in [6.07, 6.45) is 1.14. The predicted octanol–water partition coefficient (Wildman–Crippen LogP) is 6.53. The van der Waals surface area contributed by atoms with Crippen molar-refractivity contribution in [1.29, 1.82) is 0 Å². The van der Waals surface area contributed by atoms with Crippen LogP contribution in [0.1, 0.15) is 15.9 Å². The number of methoxy groups -OCH3 is 1. The molecule has 0 spiro atoms. The monoisotopic (exact) mass is 538 g/mol. The summed E-state index contributed by atoms with van der Waals surface area (Å²) in [4.78, 5) is 37.5. The van der Waals surface area contributed by atoms with Gasteiger partial charge in [-0.05, 0) is 48.9 Å². The van der Waals surface area contributed by atoms with E-state index in [9.17, 15) is 14.4 Å². The largest absolute Gasteiger partial charge is 0.494 e. The first-order chi connectivity index (χ1) is 17.7. The molecule has 37 heavy (non-hydrogen) atoms. The van der Waals surface area contributed by atoms with Gasteiger partial charge in [-0.3, -0.25) is 4.79 Å². The Bertz CT molecular complexity index is 1820. The van der Waals surface area contributed by atoms with E-state index >= 15 is 0 Å². The second kappa shape index (κ2) is 9.65. The van der Waals surface area contributed by atoms with Crippen molar-refractivity contribution < 1.29 is 27.8 Å². The first kappa shape index (κ1) is 24.4. The van der Waals surface area contributed by atoms with Gasteiger partial charge in [-0.1, -0.05) is 23.2 Å². The highest BCUT2D eigenvalue weighted by Crippen LogP contribution is 2.35. The molecule has 0 saturated heterocycles. The Morgan fingerprint density at radius 1 is 0.865 bits per heavy atom. The fraction of sp³-hybridized carbons (Fsp3) is 0.0741. The second-order valence-corrected chi connectivity index (χ2v) is 8.74. The summed E-state index contributed by atoms with van der Waals surface area (Å²) in [5.41, 5.74) is 0.269. The number of halogens is 2. The van der Waals surface area contributed by atoms with Crippen molar-refractivity contribution in [3.63, 3.8) is 0 Å². The third-order valence-electron chi connectivity index (χ3n) is 5.54. The van der Waals surface area contributed by atoms with Gasteiger partial charge >= 0.3 is 11.6 Å². The van der Waals surface area contributed by atoms with Crippen LogP contribution in [0.15, 0.2) is 79.3 Å². The Morgan fingerprint density at radius 2 is 1.57 bits per heavy atom. The number of rotatable bonds is 5. The number of esters is 1. The summed E-state index contributed by atoms with van der Waals surface area (Å²) in [6, 6.07) is 13.5. The van der Waals surface area contributed by atoms with Crippen molar-refractivity contribution in [1.82, 2.24) is 0 Å². The van der Waals surface area contributed by atoms with E-state index in [-0.39, 0.29) is 49.6 Å². The highest BCUT2D eigenvalue weighted by molar-refractivity contribution is 6.37. The van der Waals surface area contributed by atoms with Crippen molar-refractivity contribution in [2.45, 2.75) is 6.92 Å². The van der Waals surface area contributed by atoms with Crippen LogP contribution in [0.3, 0.4) is 0 Å². The lowest BCUT2D eigenvalue weighted by molar-refractivity contribution is 0.0731. The molecule has 2 heterocycles. The van der Waals surface area contributed by atoms with Crippen LogP contribution in [0.2, 0.25) is 10.0 Å². The van der Waals surface area contributed by atoms with Crippen LogP contribution in [0.25, 0.3) is 21.9 Å². The van der Waals surface area contributed by atoms with Gasteiger partial charge in [-0.25, -0.2) is 9.59 Å². The molecule has 0 fully saturated rings. The lowest BCUT2D eigenvalue weighted by Gasteiger charge is -2.12.